The van der Waals surface area contributed by atoms with Gasteiger partial charge in [0.05, 0.1) is 11.5 Å². The molecule has 0 saturated carbocycles. The van der Waals surface area contributed by atoms with Crippen molar-refractivity contribution in [2.24, 2.45) is 5.92 Å². The summed E-state index contributed by atoms with van der Waals surface area (Å²) in [4.78, 5) is 12.7. The zero-order chi connectivity index (χ0) is 15.8. The van der Waals surface area contributed by atoms with E-state index in [1.165, 1.54) is 6.07 Å². The smallest absolute Gasteiger partial charge is 0.393 e. The number of nitrogens with two attached hydrogens (primary N) is 1. The van der Waals surface area contributed by atoms with Crippen LogP contribution in [0.15, 0.2) is 12.1 Å². The number of carboxylic acid groups (broad SMARTS) is 1. The zero-order valence-corrected chi connectivity index (χ0v) is 11.6. The molecule has 1 aromatic carbocycles. The lowest BCUT2D eigenvalue weighted by Crippen LogP contribution is -2.41. The standard InChI is InChI=1S/C14H17F3N2O2/c1-8-5-10(6-11(12(8)18)13(20)21)19-4-2-3-9(7-19)14(15,16)17/h5-6,9H,2-4,7,18H2,1H3,(H,20,21). The number of aryl methyl sites for hydroxylation is 1. The van der Waals surface area contributed by atoms with Crippen LogP contribution in [0.3, 0.4) is 0 Å². The summed E-state index contributed by atoms with van der Waals surface area (Å²) in [6, 6.07) is 2.99. The monoisotopic (exact) mass is 302 g/mol. The number of alkyl halides is 3. The van der Waals surface area contributed by atoms with Crippen LogP contribution in [0.1, 0.15) is 28.8 Å². The van der Waals surface area contributed by atoms with Crippen molar-refractivity contribution in [3.63, 3.8) is 0 Å². The average Bonchev–Trinajstić information content (AvgIpc) is 2.40. The highest BCUT2D eigenvalue weighted by Gasteiger charge is 2.41. The van der Waals surface area contributed by atoms with Crippen LogP contribution < -0.4 is 10.6 Å². The van der Waals surface area contributed by atoms with Gasteiger partial charge in [-0.2, -0.15) is 13.2 Å². The number of rotatable bonds is 2. The first kappa shape index (κ1) is 15.5. The van der Waals surface area contributed by atoms with E-state index in [1.807, 2.05) is 0 Å². The molecule has 1 saturated heterocycles. The van der Waals surface area contributed by atoms with Gasteiger partial charge in [-0.1, -0.05) is 0 Å². The van der Waals surface area contributed by atoms with Crippen molar-refractivity contribution in [1.82, 2.24) is 0 Å². The quantitative estimate of drug-likeness (QED) is 0.824. The predicted molar refractivity (Wildman–Crippen MR) is 73.5 cm³/mol. The Morgan fingerprint density at radius 1 is 1.43 bits per heavy atom. The summed E-state index contributed by atoms with van der Waals surface area (Å²) in [5, 5.41) is 9.12. The molecule has 3 N–H and O–H groups in total. The molecule has 0 bridgehead atoms. The minimum atomic E-state index is -4.23. The fraction of sp³-hybridized carbons (Fsp3) is 0.500. The van der Waals surface area contributed by atoms with E-state index in [0.717, 1.165) is 0 Å². The lowest BCUT2D eigenvalue weighted by atomic mass is 9.96. The molecule has 1 heterocycles. The maximum Gasteiger partial charge on any atom is 0.393 e. The Balaban J connectivity index is 2.31. The van der Waals surface area contributed by atoms with E-state index in [-0.39, 0.29) is 24.2 Å². The minimum Gasteiger partial charge on any atom is -0.478 e. The topological polar surface area (TPSA) is 66.6 Å². The Bertz CT molecular complexity index is 558. The highest BCUT2D eigenvalue weighted by molar-refractivity contribution is 5.95. The largest absolute Gasteiger partial charge is 0.478 e. The van der Waals surface area contributed by atoms with Gasteiger partial charge < -0.3 is 15.7 Å². The summed E-state index contributed by atoms with van der Waals surface area (Å²) < 4.78 is 38.5. The Morgan fingerprint density at radius 2 is 2.10 bits per heavy atom. The molecule has 116 valence electrons. The highest BCUT2D eigenvalue weighted by atomic mass is 19.4. The van der Waals surface area contributed by atoms with E-state index in [9.17, 15) is 18.0 Å². The average molecular weight is 302 g/mol. The zero-order valence-electron chi connectivity index (χ0n) is 11.6. The minimum absolute atomic E-state index is 0.0702. The number of carboxylic acids is 1. The summed E-state index contributed by atoms with van der Waals surface area (Å²) in [6.07, 6.45) is -3.69. The van der Waals surface area contributed by atoms with Crippen molar-refractivity contribution in [1.29, 1.82) is 0 Å². The van der Waals surface area contributed by atoms with Crippen molar-refractivity contribution in [3.05, 3.63) is 23.3 Å². The van der Waals surface area contributed by atoms with Gasteiger partial charge in [-0.15, -0.1) is 0 Å². The molecule has 0 amide bonds. The van der Waals surface area contributed by atoms with Gasteiger partial charge in [0.1, 0.15) is 0 Å². The Morgan fingerprint density at radius 3 is 2.67 bits per heavy atom. The predicted octanol–water partition coefficient (Wildman–Crippen LogP) is 3.05. The third-order valence-corrected chi connectivity index (χ3v) is 3.85. The van der Waals surface area contributed by atoms with Gasteiger partial charge in [0.15, 0.2) is 0 Å². The van der Waals surface area contributed by atoms with Crippen molar-refractivity contribution in [2.75, 3.05) is 23.7 Å². The van der Waals surface area contributed by atoms with E-state index in [0.29, 0.717) is 24.2 Å². The number of hydrogen-bond donors (Lipinski definition) is 2. The first-order valence-corrected chi connectivity index (χ1v) is 6.65. The van der Waals surface area contributed by atoms with Crippen LogP contribution >= 0.6 is 0 Å². The van der Waals surface area contributed by atoms with E-state index in [2.05, 4.69) is 0 Å². The second-order valence-electron chi connectivity index (χ2n) is 5.36. The van der Waals surface area contributed by atoms with Crippen LogP contribution in [0.4, 0.5) is 24.5 Å². The third kappa shape index (κ3) is 3.22. The van der Waals surface area contributed by atoms with Gasteiger partial charge in [-0.3, -0.25) is 0 Å². The third-order valence-electron chi connectivity index (χ3n) is 3.85. The first-order valence-electron chi connectivity index (χ1n) is 6.65. The molecule has 4 nitrogen and oxygen atoms in total. The van der Waals surface area contributed by atoms with Crippen molar-refractivity contribution in [2.45, 2.75) is 25.9 Å². The van der Waals surface area contributed by atoms with E-state index in [1.54, 1.807) is 17.9 Å². The van der Waals surface area contributed by atoms with Crippen LogP contribution in [0.25, 0.3) is 0 Å². The maximum atomic E-state index is 12.8. The highest BCUT2D eigenvalue weighted by Crippen LogP contribution is 2.35. The summed E-state index contributed by atoms with van der Waals surface area (Å²) in [7, 11) is 0. The van der Waals surface area contributed by atoms with Gasteiger partial charge in [-0.05, 0) is 37.5 Å². The summed E-state index contributed by atoms with van der Waals surface area (Å²) in [5.74, 6) is -2.56. The molecule has 2 rings (SSSR count). The van der Waals surface area contributed by atoms with Crippen molar-refractivity contribution in [3.8, 4) is 0 Å². The van der Waals surface area contributed by atoms with E-state index >= 15 is 0 Å². The number of nitrogens with zero attached hydrogens (tertiary/aromatic N) is 1. The summed E-state index contributed by atoms with van der Waals surface area (Å²) in [5.41, 5.74) is 6.81. The molecule has 1 atom stereocenters. The van der Waals surface area contributed by atoms with Crippen LogP contribution in [0, 0.1) is 12.8 Å². The Labute approximate surface area is 120 Å². The molecule has 1 aliphatic rings. The number of hydrogen-bond acceptors (Lipinski definition) is 3. The number of anilines is 2. The maximum absolute atomic E-state index is 12.8. The van der Waals surface area contributed by atoms with E-state index in [4.69, 9.17) is 10.8 Å². The number of nitrogen functional groups attached to an aromatic ring is 1. The number of benzene rings is 1. The van der Waals surface area contributed by atoms with Gasteiger partial charge >= 0.3 is 12.1 Å². The number of halogens is 3. The molecule has 1 aliphatic heterocycles. The second-order valence-corrected chi connectivity index (χ2v) is 5.36. The molecule has 1 fully saturated rings. The lowest BCUT2D eigenvalue weighted by Gasteiger charge is -2.35. The normalized spacial score (nSPS) is 19.6. The molecular formula is C14H17F3N2O2. The molecule has 7 heteroatoms. The molecule has 1 unspecified atom stereocenters. The van der Waals surface area contributed by atoms with Gasteiger partial charge in [0, 0.05) is 24.5 Å². The molecule has 0 radical (unpaired) electrons. The Hall–Kier alpha value is -1.92. The van der Waals surface area contributed by atoms with Crippen LogP contribution in [-0.4, -0.2) is 30.3 Å². The van der Waals surface area contributed by atoms with Gasteiger partial charge in [-0.25, -0.2) is 4.79 Å². The molecule has 1 aromatic rings. The fourth-order valence-corrected chi connectivity index (χ4v) is 2.62. The SMILES string of the molecule is Cc1cc(N2CCCC(C(F)(F)F)C2)cc(C(=O)O)c1N. The number of piperidine rings is 1. The number of carbonyl (C=O) groups is 1. The molecule has 0 spiro atoms. The van der Waals surface area contributed by atoms with Gasteiger partial charge in [0.2, 0.25) is 0 Å². The van der Waals surface area contributed by atoms with Crippen LogP contribution in [0.2, 0.25) is 0 Å². The fourth-order valence-electron chi connectivity index (χ4n) is 2.62. The van der Waals surface area contributed by atoms with Crippen LogP contribution in [-0.2, 0) is 0 Å². The molecule has 0 aliphatic carbocycles. The van der Waals surface area contributed by atoms with Gasteiger partial charge in [0.25, 0.3) is 0 Å². The molecule has 0 aromatic heterocycles. The van der Waals surface area contributed by atoms with Crippen molar-refractivity contribution < 1.29 is 23.1 Å². The summed E-state index contributed by atoms with van der Waals surface area (Å²) in [6.45, 7) is 1.98. The van der Waals surface area contributed by atoms with Crippen molar-refractivity contribution >= 4 is 17.3 Å². The first-order chi connectivity index (χ1) is 9.70. The molecule has 21 heavy (non-hydrogen) atoms. The van der Waals surface area contributed by atoms with E-state index < -0.39 is 18.1 Å². The summed E-state index contributed by atoms with van der Waals surface area (Å²) >= 11 is 0. The van der Waals surface area contributed by atoms with Crippen LogP contribution in [0.5, 0.6) is 0 Å². The Kier molecular flexibility index (Phi) is 4.02. The lowest BCUT2D eigenvalue weighted by molar-refractivity contribution is -0.175. The second kappa shape index (κ2) is 5.46. The number of aromatic carboxylic acids is 1. The molecular weight excluding hydrogens is 285 g/mol.